The topological polar surface area (TPSA) is 68.6 Å². The number of thiazole rings is 1. The molecule has 0 amide bonds. The number of hydrogen-bond donors (Lipinski definition) is 1. The molecule has 0 bridgehead atoms. The van der Waals surface area contributed by atoms with Crippen LogP contribution in [0.2, 0.25) is 0 Å². The van der Waals surface area contributed by atoms with Crippen molar-refractivity contribution < 1.29 is 5.11 Å². The summed E-state index contributed by atoms with van der Waals surface area (Å²) in [4.78, 5) is 19.8. The summed E-state index contributed by atoms with van der Waals surface area (Å²) in [6.45, 7) is 4.59. The van der Waals surface area contributed by atoms with Crippen molar-refractivity contribution in [3.63, 3.8) is 0 Å². The minimum absolute atomic E-state index is 0.684. The second-order valence-electron chi connectivity index (χ2n) is 7.38. The number of piperazine rings is 1. The van der Waals surface area contributed by atoms with Crippen molar-refractivity contribution in [2.24, 2.45) is 0 Å². The van der Waals surface area contributed by atoms with E-state index >= 15 is 0 Å². The number of nitrogens with zero attached hydrogens (tertiary/aromatic N) is 6. The van der Waals surface area contributed by atoms with Gasteiger partial charge in [0.25, 0.3) is 0 Å². The first-order valence-corrected chi connectivity index (χ1v) is 10.6. The molecule has 0 spiro atoms. The molecule has 3 heterocycles. The molecular weight excluding hydrogens is 384 g/mol. The minimum atomic E-state index is -0.684. The van der Waals surface area contributed by atoms with Gasteiger partial charge in [0.05, 0.1) is 0 Å². The van der Waals surface area contributed by atoms with Gasteiger partial charge in [0.2, 0.25) is 5.95 Å². The Morgan fingerprint density at radius 1 is 1.07 bits per heavy atom. The van der Waals surface area contributed by atoms with E-state index in [0.717, 1.165) is 60.5 Å². The number of rotatable bonds is 6. The average molecular weight is 411 g/mol. The van der Waals surface area contributed by atoms with Gasteiger partial charge in [-0.3, -0.25) is 4.90 Å². The molecule has 29 heavy (non-hydrogen) atoms. The monoisotopic (exact) mass is 410 g/mol. The van der Waals surface area contributed by atoms with Crippen LogP contribution < -0.4 is 9.80 Å². The van der Waals surface area contributed by atoms with Gasteiger partial charge in [0.15, 0.2) is 0 Å². The van der Waals surface area contributed by atoms with E-state index in [2.05, 4.69) is 30.8 Å². The van der Waals surface area contributed by atoms with Crippen LogP contribution in [0.3, 0.4) is 0 Å². The lowest BCUT2D eigenvalue weighted by atomic mass is 10.1. The molecular formula is C21H26N6OS. The zero-order chi connectivity index (χ0) is 20.2. The van der Waals surface area contributed by atoms with Crippen LogP contribution in [0.5, 0.6) is 0 Å². The van der Waals surface area contributed by atoms with Crippen molar-refractivity contribution in [1.82, 2.24) is 19.9 Å². The Morgan fingerprint density at radius 3 is 2.45 bits per heavy atom. The summed E-state index contributed by atoms with van der Waals surface area (Å²) in [6.07, 6.45) is 4.87. The molecule has 1 aliphatic heterocycles. The molecule has 8 heteroatoms. The molecule has 0 saturated carbocycles. The summed E-state index contributed by atoms with van der Waals surface area (Å²) in [5.74, 6) is 0.731. The van der Waals surface area contributed by atoms with Gasteiger partial charge in [0, 0.05) is 87.6 Å². The molecule has 152 valence electrons. The third kappa shape index (κ3) is 4.55. The smallest absolute Gasteiger partial charge is 0.224 e. The number of aliphatic hydroxyl groups excluding tert-OH is 1. The minimum Gasteiger partial charge on any atom is -0.381 e. The predicted octanol–water partition coefficient (Wildman–Crippen LogP) is 2.40. The average Bonchev–Trinajstić information content (AvgIpc) is 3.29. The number of aromatic nitrogens is 3. The van der Waals surface area contributed by atoms with Gasteiger partial charge in [-0.1, -0.05) is 18.2 Å². The normalized spacial score (nSPS) is 16.0. The molecule has 1 aromatic carbocycles. The van der Waals surface area contributed by atoms with Gasteiger partial charge in [-0.15, -0.1) is 11.3 Å². The lowest BCUT2D eigenvalue weighted by molar-refractivity contribution is 0.218. The van der Waals surface area contributed by atoms with Crippen LogP contribution in [-0.4, -0.2) is 65.2 Å². The van der Waals surface area contributed by atoms with E-state index < -0.39 is 6.10 Å². The maximum Gasteiger partial charge on any atom is 0.224 e. The van der Waals surface area contributed by atoms with E-state index in [-0.39, 0.29) is 0 Å². The van der Waals surface area contributed by atoms with Gasteiger partial charge in [0.1, 0.15) is 11.1 Å². The van der Waals surface area contributed by atoms with E-state index in [1.165, 1.54) is 11.3 Å². The molecule has 0 aliphatic carbocycles. The summed E-state index contributed by atoms with van der Waals surface area (Å²) in [5.41, 5.74) is 3.14. The Kier molecular flexibility index (Phi) is 6.03. The molecule has 1 N–H and O–H groups in total. The van der Waals surface area contributed by atoms with E-state index in [4.69, 9.17) is 0 Å². The molecule has 3 aromatic rings. The quantitative estimate of drug-likeness (QED) is 0.669. The predicted molar refractivity (Wildman–Crippen MR) is 116 cm³/mol. The maximum absolute atomic E-state index is 10.8. The molecule has 4 rings (SSSR count). The summed E-state index contributed by atoms with van der Waals surface area (Å²) in [5, 5.41) is 13.4. The summed E-state index contributed by atoms with van der Waals surface area (Å²) < 4.78 is 0. The third-order valence-electron chi connectivity index (χ3n) is 5.13. The highest BCUT2D eigenvalue weighted by Crippen LogP contribution is 2.32. The summed E-state index contributed by atoms with van der Waals surface area (Å²) in [6, 6.07) is 8.10. The van der Waals surface area contributed by atoms with E-state index in [9.17, 15) is 5.11 Å². The van der Waals surface area contributed by atoms with Crippen molar-refractivity contribution in [1.29, 1.82) is 0 Å². The van der Waals surface area contributed by atoms with Gasteiger partial charge in [-0.25, -0.2) is 15.0 Å². The van der Waals surface area contributed by atoms with Gasteiger partial charge in [-0.2, -0.15) is 0 Å². The third-order valence-corrected chi connectivity index (χ3v) is 5.96. The Balaban J connectivity index is 1.40. The zero-order valence-electron chi connectivity index (χ0n) is 16.8. The summed E-state index contributed by atoms with van der Waals surface area (Å²) in [7, 11) is 3.88. The largest absolute Gasteiger partial charge is 0.381 e. The van der Waals surface area contributed by atoms with E-state index in [0.29, 0.717) is 0 Å². The van der Waals surface area contributed by atoms with Crippen molar-refractivity contribution in [2.75, 3.05) is 50.1 Å². The molecule has 1 aliphatic rings. The Hall–Kier alpha value is -2.55. The second kappa shape index (κ2) is 8.86. The number of para-hydroxylation sites is 1. The standard InChI is InChI=1S/C21H26N6OS/c1-25(2)21-23-13-16(14-24-21)15-26-8-10-27(11-9-26)18-6-4-3-5-17(18)19(28)20-22-7-12-29-20/h3-7,12-14,19,28H,8-11,15H2,1-2H3. The van der Waals surface area contributed by atoms with Crippen molar-refractivity contribution in [3.05, 3.63) is 64.4 Å². The first-order valence-electron chi connectivity index (χ1n) is 9.74. The zero-order valence-corrected chi connectivity index (χ0v) is 17.6. The van der Waals surface area contributed by atoms with Crippen molar-refractivity contribution in [3.8, 4) is 0 Å². The number of hydrogen-bond acceptors (Lipinski definition) is 8. The van der Waals surface area contributed by atoms with E-state index in [1.807, 2.05) is 55.0 Å². The van der Waals surface area contributed by atoms with Gasteiger partial charge >= 0.3 is 0 Å². The lowest BCUT2D eigenvalue weighted by Crippen LogP contribution is -2.46. The molecule has 7 nitrogen and oxygen atoms in total. The molecule has 1 saturated heterocycles. The van der Waals surface area contributed by atoms with Crippen LogP contribution in [0.25, 0.3) is 0 Å². The fraction of sp³-hybridized carbons (Fsp3) is 0.381. The van der Waals surface area contributed by atoms with Crippen LogP contribution in [-0.2, 0) is 6.54 Å². The first kappa shape index (κ1) is 19.8. The summed E-state index contributed by atoms with van der Waals surface area (Å²) >= 11 is 1.48. The Labute approximate surface area is 175 Å². The van der Waals surface area contributed by atoms with Crippen LogP contribution in [0.15, 0.2) is 48.2 Å². The number of anilines is 2. The van der Waals surface area contributed by atoms with Crippen LogP contribution in [0, 0.1) is 0 Å². The van der Waals surface area contributed by atoms with Crippen molar-refractivity contribution in [2.45, 2.75) is 12.6 Å². The molecule has 1 atom stereocenters. The molecule has 1 fully saturated rings. The Bertz CT molecular complexity index is 907. The number of aliphatic hydroxyl groups is 1. The lowest BCUT2D eigenvalue weighted by Gasteiger charge is -2.37. The highest BCUT2D eigenvalue weighted by molar-refractivity contribution is 7.09. The van der Waals surface area contributed by atoms with Gasteiger partial charge in [-0.05, 0) is 6.07 Å². The van der Waals surface area contributed by atoms with Crippen molar-refractivity contribution >= 4 is 23.0 Å². The molecule has 2 aromatic heterocycles. The van der Waals surface area contributed by atoms with E-state index in [1.54, 1.807) is 6.20 Å². The second-order valence-corrected chi connectivity index (χ2v) is 8.31. The maximum atomic E-state index is 10.8. The van der Waals surface area contributed by atoms with Crippen LogP contribution in [0.4, 0.5) is 11.6 Å². The molecule has 0 radical (unpaired) electrons. The highest BCUT2D eigenvalue weighted by atomic mass is 32.1. The number of benzene rings is 1. The van der Waals surface area contributed by atoms with Crippen LogP contribution in [0.1, 0.15) is 22.2 Å². The fourth-order valence-electron chi connectivity index (χ4n) is 3.57. The van der Waals surface area contributed by atoms with Crippen LogP contribution >= 0.6 is 11.3 Å². The first-order chi connectivity index (χ1) is 14.1. The Morgan fingerprint density at radius 2 is 1.79 bits per heavy atom. The van der Waals surface area contributed by atoms with Gasteiger partial charge < -0.3 is 14.9 Å². The molecule has 1 unspecified atom stereocenters. The fourth-order valence-corrected chi connectivity index (χ4v) is 4.21. The highest BCUT2D eigenvalue weighted by Gasteiger charge is 2.23. The SMILES string of the molecule is CN(C)c1ncc(CN2CCN(c3ccccc3C(O)c3nccs3)CC2)cn1.